The number of pyridine rings is 1. The Morgan fingerprint density at radius 1 is 1.18 bits per heavy atom. The lowest BCUT2D eigenvalue weighted by Gasteiger charge is -2.26. The smallest absolute Gasteiger partial charge is 0.255 e. The molecular formula is C24H27N7O6S. The second-order valence-corrected chi connectivity index (χ2v) is 12.3. The number of hydrogen-bond donors (Lipinski definition) is 1. The van der Waals surface area contributed by atoms with Crippen LogP contribution in [0.25, 0.3) is 17.0 Å². The Kier molecular flexibility index (Phi) is 6.61. The quantitative estimate of drug-likeness (QED) is 0.375. The molecule has 1 fully saturated rings. The Labute approximate surface area is 218 Å². The summed E-state index contributed by atoms with van der Waals surface area (Å²) in [7, 11) is -3.07. The zero-order valence-electron chi connectivity index (χ0n) is 21.2. The summed E-state index contributed by atoms with van der Waals surface area (Å²) in [5.74, 6) is 0.684. The van der Waals surface area contributed by atoms with Crippen LogP contribution in [0, 0.1) is 0 Å². The molecule has 38 heavy (non-hydrogen) atoms. The lowest BCUT2D eigenvalue weighted by atomic mass is 9.88. The molecule has 5 heterocycles. The number of nitrogens with zero attached hydrogens (tertiary/aromatic N) is 7. The van der Waals surface area contributed by atoms with Gasteiger partial charge in [0.2, 0.25) is 11.7 Å². The first kappa shape index (κ1) is 25.7. The van der Waals surface area contributed by atoms with E-state index in [1.807, 2.05) is 20.8 Å². The number of carbonyl (C=O) groups excluding carboxylic acids is 1. The normalized spacial score (nSPS) is 15.6. The van der Waals surface area contributed by atoms with Crippen LogP contribution in [0.4, 0.5) is 0 Å². The second kappa shape index (κ2) is 9.76. The van der Waals surface area contributed by atoms with Crippen molar-refractivity contribution in [2.45, 2.75) is 39.4 Å². The highest BCUT2D eigenvalue weighted by atomic mass is 32.2. The van der Waals surface area contributed by atoms with Gasteiger partial charge >= 0.3 is 0 Å². The van der Waals surface area contributed by atoms with Crippen LogP contribution in [0.2, 0.25) is 0 Å². The molecule has 4 aromatic heterocycles. The van der Waals surface area contributed by atoms with Crippen molar-refractivity contribution in [2.24, 2.45) is 0 Å². The van der Waals surface area contributed by atoms with Crippen molar-refractivity contribution >= 4 is 21.3 Å². The third-order valence-corrected chi connectivity index (χ3v) is 7.79. The number of aromatic nitrogens is 6. The first-order chi connectivity index (χ1) is 18.1. The van der Waals surface area contributed by atoms with Gasteiger partial charge in [0.25, 0.3) is 5.91 Å². The number of hydrogen-bond acceptors (Lipinski definition) is 11. The van der Waals surface area contributed by atoms with Gasteiger partial charge in [-0.25, -0.2) is 12.9 Å². The van der Waals surface area contributed by atoms with E-state index in [0.29, 0.717) is 34.2 Å². The van der Waals surface area contributed by atoms with Crippen LogP contribution in [-0.2, 0) is 28.5 Å². The van der Waals surface area contributed by atoms with E-state index in [1.54, 1.807) is 28.9 Å². The van der Waals surface area contributed by atoms with E-state index < -0.39 is 9.84 Å². The Balaban J connectivity index is 1.37. The minimum absolute atomic E-state index is 0.0285. The second-order valence-electron chi connectivity index (χ2n) is 10.0. The van der Waals surface area contributed by atoms with Gasteiger partial charge in [-0.15, -0.1) is 10.2 Å². The molecule has 0 spiro atoms. The van der Waals surface area contributed by atoms with Gasteiger partial charge in [0.05, 0.1) is 34.5 Å². The Morgan fingerprint density at radius 3 is 2.58 bits per heavy atom. The fourth-order valence-electron chi connectivity index (χ4n) is 4.21. The number of sulfone groups is 1. The van der Waals surface area contributed by atoms with Gasteiger partial charge in [-0.3, -0.25) is 9.78 Å². The Hall–Kier alpha value is -3.91. The van der Waals surface area contributed by atoms with Crippen LogP contribution in [0.15, 0.2) is 35.1 Å². The molecule has 0 saturated carbocycles. The fourth-order valence-corrected chi connectivity index (χ4v) is 5.41. The van der Waals surface area contributed by atoms with Gasteiger partial charge in [0.15, 0.2) is 21.3 Å². The zero-order valence-corrected chi connectivity index (χ0v) is 22.0. The number of rotatable bonds is 6. The lowest BCUT2D eigenvalue weighted by molar-refractivity contribution is 0.0769. The third kappa shape index (κ3) is 5.09. The van der Waals surface area contributed by atoms with Gasteiger partial charge in [-0.05, 0) is 17.5 Å². The maximum absolute atomic E-state index is 12.7. The van der Waals surface area contributed by atoms with E-state index in [4.69, 9.17) is 9.26 Å². The highest BCUT2D eigenvalue weighted by Gasteiger charge is 2.29. The number of aliphatic hydroxyl groups excluding tert-OH is 1. The van der Waals surface area contributed by atoms with Crippen LogP contribution < -0.4 is 4.74 Å². The van der Waals surface area contributed by atoms with E-state index in [9.17, 15) is 18.3 Å². The van der Waals surface area contributed by atoms with Crippen molar-refractivity contribution in [1.29, 1.82) is 0 Å². The molecule has 0 radical (unpaired) electrons. The molecule has 1 aliphatic heterocycles. The van der Waals surface area contributed by atoms with E-state index in [1.165, 1.54) is 11.1 Å². The molecule has 4 aromatic rings. The Bertz CT molecular complexity index is 1570. The standard InChI is InChI=1S/C24H27N7O6S/c1-24(2,3)20-19-12-26-27-21(18-10-17(13-32)37-29-18)31(19)28-22(20)36-14-16-5-4-15(11-25-16)23(33)30-6-8-38(34,35)9-7-30/h4-5,10-12,32H,6-9,13-14H2,1-3H3. The maximum atomic E-state index is 12.7. The van der Waals surface area contributed by atoms with E-state index >= 15 is 0 Å². The van der Waals surface area contributed by atoms with Gasteiger partial charge in [0, 0.05) is 30.9 Å². The summed E-state index contributed by atoms with van der Waals surface area (Å²) < 4.78 is 36.1. The minimum atomic E-state index is -3.07. The maximum Gasteiger partial charge on any atom is 0.255 e. The largest absolute Gasteiger partial charge is 0.470 e. The summed E-state index contributed by atoms with van der Waals surface area (Å²) in [6.07, 6.45) is 3.06. The summed E-state index contributed by atoms with van der Waals surface area (Å²) in [5.41, 5.74) is 2.47. The van der Waals surface area contributed by atoms with E-state index in [0.717, 1.165) is 5.56 Å². The molecule has 5 rings (SSSR count). The monoisotopic (exact) mass is 541 g/mol. The minimum Gasteiger partial charge on any atom is -0.470 e. The predicted molar refractivity (Wildman–Crippen MR) is 134 cm³/mol. The van der Waals surface area contributed by atoms with Crippen LogP contribution >= 0.6 is 0 Å². The first-order valence-electron chi connectivity index (χ1n) is 11.9. The average molecular weight is 542 g/mol. The molecule has 1 amide bonds. The molecule has 13 nitrogen and oxygen atoms in total. The van der Waals surface area contributed by atoms with Gasteiger partial charge in [-0.1, -0.05) is 25.9 Å². The van der Waals surface area contributed by atoms with Crippen molar-refractivity contribution in [3.8, 4) is 17.4 Å². The predicted octanol–water partition coefficient (Wildman–Crippen LogP) is 1.41. The Morgan fingerprint density at radius 2 is 1.95 bits per heavy atom. The molecular weight excluding hydrogens is 514 g/mol. The van der Waals surface area contributed by atoms with E-state index in [-0.39, 0.29) is 54.9 Å². The van der Waals surface area contributed by atoms with Crippen molar-refractivity contribution in [3.63, 3.8) is 0 Å². The van der Waals surface area contributed by atoms with Crippen molar-refractivity contribution in [3.05, 3.63) is 53.2 Å². The number of ether oxygens (including phenoxy) is 1. The zero-order chi connectivity index (χ0) is 27.1. The van der Waals surface area contributed by atoms with E-state index in [2.05, 4.69) is 25.4 Å². The number of amides is 1. The molecule has 1 aliphatic rings. The molecule has 0 bridgehead atoms. The third-order valence-electron chi connectivity index (χ3n) is 6.18. The van der Waals surface area contributed by atoms with Crippen LogP contribution in [0.1, 0.15) is 48.1 Å². The highest BCUT2D eigenvalue weighted by molar-refractivity contribution is 7.91. The molecule has 14 heteroatoms. The van der Waals surface area contributed by atoms with Crippen molar-refractivity contribution in [2.75, 3.05) is 24.6 Å². The summed E-state index contributed by atoms with van der Waals surface area (Å²) in [6, 6.07) is 4.92. The summed E-state index contributed by atoms with van der Waals surface area (Å²) in [5, 5.41) is 26.2. The van der Waals surface area contributed by atoms with Crippen LogP contribution in [0.3, 0.4) is 0 Å². The first-order valence-corrected chi connectivity index (χ1v) is 13.8. The SMILES string of the molecule is CC(C)(C)c1c(OCc2ccc(C(=O)N3CCS(=O)(=O)CC3)cn2)nn2c(-c3cc(CO)on3)nncc12. The van der Waals surface area contributed by atoms with Gasteiger partial charge < -0.3 is 19.3 Å². The average Bonchev–Trinajstić information content (AvgIpc) is 3.52. The summed E-state index contributed by atoms with van der Waals surface area (Å²) in [4.78, 5) is 18.6. The molecule has 0 aliphatic carbocycles. The van der Waals surface area contributed by atoms with Crippen LogP contribution in [-0.4, -0.2) is 78.9 Å². The van der Waals surface area contributed by atoms with Gasteiger partial charge in [-0.2, -0.15) is 5.10 Å². The molecule has 1 N–H and O–H groups in total. The number of carbonyl (C=O) groups is 1. The molecule has 0 aromatic carbocycles. The lowest BCUT2D eigenvalue weighted by Crippen LogP contribution is -2.43. The fraction of sp³-hybridized carbons (Fsp3) is 0.417. The number of fused-ring (bicyclic) bond motifs is 1. The number of aliphatic hydroxyl groups is 1. The molecule has 1 saturated heterocycles. The summed E-state index contributed by atoms with van der Waals surface area (Å²) in [6.45, 7) is 6.24. The molecule has 0 unspecified atom stereocenters. The topological polar surface area (TPSA) is 166 Å². The molecule has 0 atom stereocenters. The van der Waals surface area contributed by atoms with Crippen molar-refractivity contribution < 1.29 is 27.6 Å². The highest BCUT2D eigenvalue weighted by Crippen LogP contribution is 2.36. The van der Waals surface area contributed by atoms with Gasteiger partial charge in [0.1, 0.15) is 13.2 Å². The van der Waals surface area contributed by atoms with Crippen LogP contribution in [0.5, 0.6) is 5.88 Å². The summed E-state index contributed by atoms with van der Waals surface area (Å²) >= 11 is 0. The van der Waals surface area contributed by atoms with Crippen molar-refractivity contribution in [1.82, 2.24) is 34.9 Å². The molecule has 200 valence electrons.